The van der Waals surface area contributed by atoms with E-state index in [2.05, 4.69) is 17.3 Å². The number of nitrogens with one attached hydrogen (secondary N) is 1. The molecule has 0 saturated carbocycles. The van der Waals surface area contributed by atoms with Crippen molar-refractivity contribution in [3.05, 3.63) is 0 Å². The number of likely N-dealkylation sites (N-methyl/N-ethyl adjacent to an activating group) is 1. The molecule has 0 saturated heterocycles. The monoisotopic (exact) mass is 248 g/mol. The van der Waals surface area contributed by atoms with Crippen molar-refractivity contribution >= 4 is 0 Å². The molecule has 0 aromatic rings. The molecule has 0 rings (SSSR count). The highest BCUT2D eigenvalue weighted by Crippen LogP contribution is 1.88. The predicted molar refractivity (Wildman–Crippen MR) is 69.6 cm³/mol. The summed E-state index contributed by atoms with van der Waals surface area (Å²) < 4.78 is 15.3. The van der Waals surface area contributed by atoms with Gasteiger partial charge in [0.05, 0.1) is 19.8 Å². The maximum absolute atomic E-state index is 5.40. The Balaban J connectivity index is 3.09. The Bertz CT molecular complexity index is 148. The lowest BCUT2D eigenvalue weighted by molar-refractivity contribution is 0.0663. The summed E-state index contributed by atoms with van der Waals surface area (Å²) in [5.41, 5.74) is 0. The summed E-state index contributed by atoms with van der Waals surface area (Å²) in [6, 6.07) is 0. The van der Waals surface area contributed by atoms with Gasteiger partial charge in [0.2, 0.25) is 0 Å². The van der Waals surface area contributed by atoms with Crippen molar-refractivity contribution in [2.24, 2.45) is 0 Å². The minimum atomic E-state index is 0.680. The number of methoxy groups -OCH3 is 2. The van der Waals surface area contributed by atoms with Gasteiger partial charge in [0.25, 0.3) is 0 Å². The Labute approximate surface area is 105 Å². The summed E-state index contributed by atoms with van der Waals surface area (Å²) >= 11 is 0. The van der Waals surface area contributed by atoms with Crippen LogP contribution in [0.25, 0.3) is 0 Å². The zero-order valence-corrected chi connectivity index (χ0v) is 11.5. The molecule has 0 amide bonds. The van der Waals surface area contributed by atoms with Crippen molar-refractivity contribution in [1.29, 1.82) is 0 Å². The molecule has 0 heterocycles. The zero-order chi connectivity index (χ0) is 12.8. The fourth-order valence-corrected chi connectivity index (χ4v) is 1.36. The quantitative estimate of drug-likeness (QED) is 0.472. The molecular weight excluding hydrogens is 220 g/mol. The molecule has 0 bridgehead atoms. The van der Waals surface area contributed by atoms with Crippen LogP contribution in [-0.2, 0) is 14.2 Å². The third kappa shape index (κ3) is 13.7. The minimum Gasteiger partial charge on any atom is -0.383 e. The van der Waals surface area contributed by atoms with Gasteiger partial charge in [-0.2, -0.15) is 0 Å². The third-order valence-electron chi connectivity index (χ3n) is 2.41. The second-order valence-electron chi connectivity index (χ2n) is 4.00. The van der Waals surface area contributed by atoms with Gasteiger partial charge < -0.3 is 24.4 Å². The average molecular weight is 248 g/mol. The van der Waals surface area contributed by atoms with Gasteiger partial charge in [-0.1, -0.05) is 0 Å². The van der Waals surface area contributed by atoms with Crippen LogP contribution in [0.15, 0.2) is 0 Å². The fourth-order valence-electron chi connectivity index (χ4n) is 1.36. The molecule has 0 atom stereocenters. The lowest BCUT2D eigenvalue weighted by Gasteiger charge is -2.16. The molecule has 0 radical (unpaired) electrons. The van der Waals surface area contributed by atoms with Crippen LogP contribution >= 0.6 is 0 Å². The van der Waals surface area contributed by atoms with Gasteiger partial charge in [0.15, 0.2) is 0 Å². The SMILES string of the molecule is COCCNCCN(C)CCCOCCOC. The van der Waals surface area contributed by atoms with E-state index in [4.69, 9.17) is 14.2 Å². The molecule has 0 aromatic heterocycles. The molecule has 0 aromatic carbocycles. The predicted octanol–water partition coefficient (Wildman–Crippen LogP) is 0.207. The van der Waals surface area contributed by atoms with E-state index in [1.807, 2.05) is 0 Å². The Hall–Kier alpha value is -0.200. The van der Waals surface area contributed by atoms with Gasteiger partial charge in [-0.05, 0) is 13.5 Å². The Morgan fingerprint density at radius 3 is 2.35 bits per heavy atom. The minimum absolute atomic E-state index is 0.680. The highest BCUT2D eigenvalue weighted by atomic mass is 16.5. The van der Waals surface area contributed by atoms with Crippen LogP contribution in [0.1, 0.15) is 6.42 Å². The largest absolute Gasteiger partial charge is 0.383 e. The first kappa shape index (κ1) is 16.8. The topological polar surface area (TPSA) is 43.0 Å². The summed E-state index contributed by atoms with van der Waals surface area (Å²) in [5.74, 6) is 0. The van der Waals surface area contributed by atoms with Crippen LogP contribution in [-0.4, -0.2) is 78.8 Å². The molecule has 0 unspecified atom stereocenters. The maximum Gasteiger partial charge on any atom is 0.0700 e. The molecular formula is C12H28N2O3. The molecule has 0 aliphatic carbocycles. The lowest BCUT2D eigenvalue weighted by atomic mass is 10.4. The molecule has 5 heteroatoms. The lowest BCUT2D eigenvalue weighted by Crippen LogP contribution is -2.31. The Morgan fingerprint density at radius 1 is 0.882 bits per heavy atom. The van der Waals surface area contributed by atoms with E-state index in [-0.39, 0.29) is 0 Å². The maximum atomic E-state index is 5.40. The highest BCUT2D eigenvalue weighted by Gasteiger charge is 1.97. The molecule has 0 spiro atoms. The number of hydrogen-bond acceptors (Lipinski definition) is 5. The van der Waals surface area contributed by atoms with Crippen molar-refractivity contribution in [2.75, 3.05) is 73.9 Å². The summed E-state index contributed by atoms with van der Waals surface area (Å²) in [4.78, 5) is 2.31. The van der Waals surface area contributed by atoms with Gasteiger partial charge in [-0.3, -0.25) is 0 Å². The summed E-state index contributed by atoms with van der Waals surface area (Å²) in [6.45, 7) is 7.01. The van der Waals surface area contributed by atoms with E-state index >= 15 is 0 Å². The van der Waals surface area contributed by atoms with E-state index in [0.29, 0.717) is 13.2 Å². The fraction of sp³-hybridized carbons (Fsp3) is 1.00. The number of nitrogens with zero attached hydrogens (tertiary/aromatic N) is 1. The highest BCUT2D eigenvalue weighted by molar-refractivity contribution is 4.54. The van der Waals surface area contributed by atoms with Crippen LogP contribution in [0.5, 0.6) is 0 Å². The Morgan fingerprint density at radius 2 is 1.65 bits per heavy atom. The average Bonchev–Trinajstić information content (AvgIpc) is 2.33. The van der Waals surface area contributed by atoms with E-state index in [1.165, 1.54) is 0 Å². The molecule has 104 valence electrons. The number of rotatable bonds is 13. The van der Waals surface area contributed by atoms with Crippen molar-refractivity contribution in [3.8, 4) is 0 Å². The van der Waals surface area contributed by atoms with Gasteiger partial charge in [-0.15, -0.1) is 0 Å². The van der Waals surface area contributed by atoms with Crippen molar-refractivity contribution < 1.29 is 14.2 Å². The Kier molecular flexibility index (Phi) is 13.7. The second kappa shape index (κ2) is 13.9. The standard InChI is InChI=1S/C12H28N2O3/c1-14(8-5-13-6-10-15-2)7-4-9-17-12-11-16-3/h13H,4-12H2,1-3H3. The van der Waals surface area contributed by atoms with Gasteiger partial charge >= 0.3 is 0 Å². The van der Waals surface area contributed by atoms with E-state index < -0.39 is 0 Å². The van der Waals surface area contributed by atoms with Crippen LogP contribution in [0.4, 0.5) is 0 Å². The molecule has 5 nitrogen and oxygen atoms in total. The number of hydrogen-bond donors (Lipinski definition) is 1. The third-order valence-corrected chi connectivity index (χ3v) is 2.41. The van der Waals surface area contributed by atoms with Crippen LogP contribution in [0.3, 0.4) is 0 Å². The van der Waals surface area contributed by atoms with Crippen molar-refractivity contribution in [2.45, 2.75) is 6.42 Å². The van der Waals surface area contributed by atoms with E-state index in [1.54, 1.807) is 14.2 Å². The first-order chi connectivity index (χ1) is 8.31. The second-order valence-corrected chi connectivity index (χ2v) is 4.00. The first-order valence-corrected chi connectivity index (χ1v) is 6.26. The normalized spacial score (nSPS) is 11.3. The number of ether oxygens (including phenoxy) is 3. The summed E-state index contributed by atoms with van der Waals surface area (Å²) in [7, 11) is 5.54. The van der Waals surface area contributed by atoms with Crippen LogP contribution in [0, 0.1) is 0 Å². The first-order valence-electron chi connectivity index (χ1n) is 6.26. The van der Waals surface area contributed by atoms with Gasteiger partial charge in [-0.25, -0.2) is 0 Å². The molecule has 0 aliphatic rings. The van der Waals surface area contributed by atoms with Crippen molar-refractivity contribution in [3.63, 3.8) is 0 Å². The molecule has 0 fully saturated rings. The van der Waals surface area contributed by atoms with E-state index in [0.717, 1.165) is 45.8 Å². The van der Waals surface area contributed by atoms with Crippen LogP contribution < -0.4 is 5.32 Å². The smallest absolute Gasteiger partial charge is 0.0700 e. The van der Waals surface area contributed by atoms with Crippen molar-refractivity contribution in [1.82, 2.24) is 10.2 Å². The van der Waals surface area contributed by atoms with Crippen LogP contribution in [0.2, 0.25) is 0 Å². The molecule has 0 aliphatic heterocycles. The van der Waals surface area contributed by atoms with E-state index in [9.17, 15) is 0 Å². The summed E-state index contributed by atoms with van der Waals surface area (Å²) in [6.07, 6.45) is 1.07. The van der Waals surface area contributed by atoms with Gasteiger partial charge in [0.1, 0.15) is 0 Å². The molecule has 17 heavy (non-hydrogen) atoms. The van der Waals surface area contributed by atoms with Gasteiger partial charge in [0, 0.05) is 47.0 Å². The molecule has 1 N–H and O–H groups in total. The zero-order valence-electron chi connectivity index (χ0n) is 11.5. The summed E-state index contributed by atoms with van der Waals surface area (Å²) in [5, 5.41) is 3.32.